The molecule has 120 valence electrons. The first kappa shape index (κ1) is 16.3. The van der Waals surface area contributed by atoms with Crippen LogP contribution in [0.15, 0.2) is 24.3 Å². The monoisotopic (exact) mass is 304 g/mol. The molecule has 0 N–H and O–H groups in total. The number of para-hydroxylation sites is 2. The second kappa shape index (κ2) is 7.29. The molecule has 0 radical (unpaired) electrons. The van der Waals surface area contributed by atoms with Gasteiger partial charge in [-0.05, 0) is 24.5 Å². The number of carbonyl (C=O) groups excluding carboxylic acids is 2. The topological polar surface area (TPSA) is 49.9 Å². The highest BCUT2D eigenvalue weighted by Gasteiger charge is 2.26. The van der Waals surface area contributed by atoms with Gasteiger partial charge >= 0.3 is 5.97 Å². The van der Waals surface area contributed by atoms with E-state index in [9.17, 15) is 9.59 Å². The number of nitrogens with zero attached hydrogens (tertiary/aromatic N) is 2. The van der Waals surface area contributed by atoms with E-state index in [0.717, 1.165) is 17.9 Å². The molecule has 1 aromatic rings. The number of esters is 1. The molecule has 0 fully saturated rings. The van der Waals surface area contributed by atoms with Gasteiger partial charge in [0.25, 0.3) is 0 Å². The van der Waals surface area contributed by atoms with E-state index in [1.807, 2.05) is 29.2 Å². The summed E-state index contributed by atoms with van der Waals surface area (Å²) in [5, 5.41) is 0. The maximum Gasteiger partial charge on any atom is 0.305 e. The maximum absolute atomic E-state index is 12.6. The molecule has 1 amide bonds. The standard InChI is InChI=1S/C17H24N2O3/c1-13-11-18(2)14-7-4-5-8-15(14)19(12-13)16(20)9-6-10-17(21)22-3/h4-5,7-8,13H,6,9-12H2,1-3H3/t13-/m1/s1. The fourth-order valence-corrected chi connectivity index (χ4v) is 2.91. The summed E-state index contributed by atoms with van der Waals surface area (Å²) in [6.07, 6.45) is 1.17. The minimum absolute atomic E-state index is 0.0681. The first-order valence-electron chi connectivity index (χ1n) is 7.70. The second-order valence-electron chi connectivity index (χ2n) is 5.91. The molecule has 0 aliphatic carbocycles. The normalized spacial score (nSPS) is 17.7. The predicted octanol–water partition coefficient (Wildman–Crippen LogP) is 2.45. The molecule has 5 nitrogen and oxygen atoms in total. The summed E-state index contributed by atoms with van der Waals surface area (Å²) in [7, 11) is 3.42. The van der Waals surface area contributed by atoms with Crippen LogP contribution in [0, 0.1) is 5.92 Å². The zero-order valence-corrected chi connectivity index (χ0v) is 13.5. The van der Waals surface area contributed by atoms with Crippen molar-refractivity contribution in [3.63, 3.8) is 0 Å². The Morgan fingerprint density at radius 1 is 1.18 bits per heavy atom. The Morgan fingerprint density at radius 3 is 2.55 bits per heavy atom. The van der Waals surface area contributed by atoms with Crippen molar-refractivity contribution in [2.45, 2.75) is 26.2 Å². The van der Waals surface area contributed by atoms with Crippen molar-refractivity contribution in [3.05, 3.63) is 24.3 Å². The summed E-state index contributed by atoms with van der Waals surface area (Å²) in [5.41, 5.74) is 2.03. The molecular formula is C17H24N2O3. The van der Waals surface area contributed by atoms with Crippen LogP contribution in [0.5, 0.6) is 0 Å². The lowest BCUT2D eigenvalue weighted by Crippen LogP contribution is -2.34. The van der Waals surface area contributed by atoms with Gasteiger partial charge in [-0.15, -0.1) is 0 Å². The molecule has 0 spiro atoms. The number of carbonyl (C=O) groups is 2. The fourth-order valence-electron chi connectivity index (χ4n) is 2.91. The number of hydrogen-bond donors (Lipinski definition) is 0. The minimum Gasteiger partial charge on any atom is -0.469 e. The van der Waals surface area contributed by atoms with E-state index in [4.69, 9.17) is 0 Å². The lowest BCUT2D eigenvalue weighted by atomic mass is 10.1. The van der Waals surface area contributed by atoms with E-state index in [0.29, 0.717) is 25.3 Å². The summed E-state index contributed by atoms with van der Waals surface area (Å²) in [4.78, 5) is 27.8. The fraction of sp³-hybridized carbons (Fsp3) is 0.529. The van der Waals surface area contributed by atoms with Gasteiger partial charge in [0.2, 0.25) is 5.91 Å². The van der Waals surface area contributed by atoms with Gasteiger partial charge in [-0.25, -0.2) is 0 Å². The summed E-state index contributed by atoms with van der Waals surface area (Å²) < 4.78 is 4.61. The maximum atomic E-state index is 12.6. The number of hydrogen-bond acceptors (Lipinski definition) is 4. The zero-order chi connectivity index (χ0) is 16.1. The van der Waals surface area contributed by atoms with Gasteiger partial charge in [-0.1, -0.05) is 19.1 Å². The second-order valence-corrected chi connectivity index (χ2v) is 5.91. The number of rotatable bonds is 4. The Balaban J connectivity index is 2.12. The third kappa shape index (κ3) is 3.78. The van der Waals surface area contributed by atoms with Gasteiger partial charge in [0.15, 0.2) is 0 Å². The SMILES string of the molecule is COC(=O)CCCC(=O)N1C[C@H](C)CN(C)c2ccccc21. The highest BCUT2D eigenvalue weighted by atomic mass is 16.5. The van der Waals surface area contributed by atoms with Crippen LogP contribution >= 0.6 is 0 Å². The van der Waals surface area contributed by atoms with Gasteiger partial charge in [-0.2, -0.15) is 0 Å². The van der Waals surface area contributed by atoms with Gasteiger partial charge < -0.3 is 14.5 Å². The third-order valence-electron chi connectivity index (χ3n) is 3.96. The molecule has 1 atom stereocenters. The molecule has 5 heteroatoms. The van der Waals surface area contributed by atoms with Crippen LogP contribution in [0.25, 0.3) is 0 Å². The molecule has 1 heterocycles. The Labute approximate surface area is 131 Å². The van der Waals surface area contributed by atoms with Crippen molar-refractivity contribution < 1.29 is 14.3 Å². The molecule has 0 saturated heterocycles. The highest BCUT2D eigenvalue weighted by molar-refractivity contribution is 5.97. The number of fused-ring (bicyclic) bond motifs is 1. The Bertz CT molecular complexity index is 544. The van der Waals surface area contributed by atoms with Gasteiger partial charge in [0.1, 0.15) is 0 Å². The quantitative estimate of drug-likeness (QED) is 0.802. The largest absolute Gasteiger partial charge is 0.469 e. The smallest absolute Gasteiger partial charge is 0.305 e. The molecule has 0 saturated carbocycles. The van der Waals surface area contributed by atoms with E-state index < -0.39 is 0 Å². The molecule has 0 aromatic heterocycles. The Kier molecular flexibility index (Phi) is 5.41. The van der Waals surface area contributed by atoms with Crippen LogP contribution in [0.4, 0.5) is 11.4 Å². The van der Waals surface area contributed by atoms with Crippen LogP contribution in [0.1, 0.15) is 26.2 Å². The molecule has 0 bridgehead atoms. The lowest BCUT2D eigenvalue weighted by molar-refractivity contribution is -0.140. The summed E-state index contributed by atoms with van der Waals surface area (Å²) in [5.74, 6) is 0.192. The van der Waals surface area contributed by atoms with E-state index >= 15 is 0 Å². The van der Waals surface area contributed by atoms with Crippen LogP contribution < -0.4 is 9.80 Å². The predicted molar refractivity (Wildman–Crippen MR) is 87.1 cm³/mol. The Hall–Kier alpha value is -2.04. The van der Waals surface area contributed by atoms with E-state index in [1.165, 1.54) is 7.11 Å². The average Bonchev–Trinajstić information content (AvgIpc) is 2.64. The summed E-state index contributed by atoms with van der Waals surface area (Å²) in [6, 6.07) is 7.98. The van der Waals surface area contributed by atoms with Crippen LogP contribution in [-0.4, -0.2) is 39.1 Å². The van der Waals surface area contributed by atoms with Gasteiger partial charge in [-0.3, -0.25) is 9.59 Å². The lowest BCUT2D eigenvalue weighted by Gasteiger charge is -2.24. The first-order valence-corrected chi connectivity index (χ1v) is 7.70. The third-order valence-corrected chi connectivity index (χ3v) is 3.96. The molecule has 0 unspecified atom stereocenters. The highest BCUT2D eigenvalue weighted by Crippen LogP contribution is 2.33. The molecule has 2 rings (SSSR count). The van der Waals surface area contributed by atoms with Crippen LogP contribution in [0.2, 0.25) is 0 Å². The van der Waals surface area contributed by atoms with Crippen molar-refractivity contribution >= 4 is 23.3 Å². The molecule has 1 aliphatic heterocycles. The molecule has 1 aromatic carbocycles. The van der Waals surface area contributed by atoms with Crippen molar-refractivity contribution in [1.29, 1.82) is 0 Å². The van der Waals surface area contributed by atoms with Gasteiger partial charge in [0, 0.05) is 33.0 Å². The van der Waals surface area contributed by atoms with Crippen molar-refractivity contribution in [2.75, 3.05) is 37.0 Å². The van der Waals surface area contributed by atoms with E-state index in [2.05, 4.69) is 23.6 Å². The zero-order valence-electron chi connectivity index (χ0n) is 13.5. The average molecular weight is 304 g/mol. The summed E-state index contributed by atoms with van der Waals surface area (Å²) in [6.45, 7) is 3.78. The Morgan fingerprint density at radius 2 is 1.86 bits per heavy atom. The van der Waals surface area contributed by atoms with Gasteiger partial charge in [0.05, 0.1) is 18.5 Å². The van der Waals surface area contributed by atoms with Crippen LogP contribution in [0.3, 0.4) is 0 Å². The number of anilines is 2. The van der Waals surface area contributed by atoms with Crippen molar-refractivity contribution in [1.82, 2.24) is 0 Å². The summed E-state index contributed by atoms with van der Waals surface area (Å²) >= 11 is 0. The van der Waals surface area contributed by atoms with Crippen molar-refractivity contribution in [2.24, 2.45) is 5.92 Å². The van der Waals surface area contributed by atoms with Crippen molar-refractivity contribution in [3.8, 4) is 0 Å². The number of ether oxygens (including phenoxy) is 1. The molecular weight excluding hydrogens is 280 g/mol. The molecule has 1 aliphatic rings. The first-order chi connectivity index (χ1) is 10.5. The minimum atomic E-state index is -0.267. The number of amides is 1. The van der Waals surface area contributed by atoms with E-state index in [1.54, 1.807) is 0 Å². The van der Waals surface area contributed by atoms with Crippen LogP contribution in [-0.2, 0) is 14.3 Å². The molecule has 22 heavy (non-hydrogen) atoms. The number of benzene rings is 1. The number of methoxy groups -OCH3 is 1. The van der Waals surface area contributed by atoms with E-state index in [-0.39, 0.29) is 18.3 Å².